The molecule has 0 saturated carbocycles. The third-order valence-electron chi connectivity index (χ3n) is 3.47. The topological polar surface area (TPSA) is 55.4 Å². The van der Waals surface area contributed by atoms with E-state index < -0.39 is 10.0 Å². The van der Waals surface area contributed by atoms with Crippen molar-refractivity contribution in [3.8, 4) is 5.75 Å². The number of nitrogens with one attached hydrogen (secondary N) is 1. The Labute approximate surface area is 138 Å². The molecule has 1 heterocycles. The second-order valence-electron chi connectivity index (χ2n) is 5.33. The molecule has 0 spiro atoms. The van der Waals surface area contributed by atoms with E-state index in [0.717, 1.165) is 21.3 Å². The number of rotatable bonds is 4. The van der Waals surface area contributed by atoms with Crippen molar-refractivity contribution in [2.45, 2.75) is 18.2 Å². The molecule has 0 radical (unpaired) electrons. The lowest BCUT2D eigenvalue weighted by Gasteiger charge is -2.26. The molecule has 1 atom stereocenters. The van der Waals surface area contributed by atoms with E-state index in [1.165, 1.54) is 0 Å². The summed E-state index contributed by atoms with van der Waals surface area (Å²) >= 11 is 3.42. The van der Waals surface area contributed by atoms with Crippen LogP contribution in [0.3, 0.4) is 0 Å². The minimum Gasteiger partial charge on any atom is -0.492 e. The third-order valence-corrected chi connectivity index (χ3v) is 5.37. The first kappa shape index (κ1) is 15.5. The van der Waals surface area contributed by atoms with Crippen LogP contribution in [-0.2, 0) is 22.2 Å². The predicted molar refractivity (Wildman–Crippen MR) is 89.3 cm³/mol. The second kappa shape index (κ2) is 6.40. The Morgan fingerprint density at radius 1 is 1.18 bits per heavy atom. The molecule has 22 heavy (non-hydrogen) atoms. The van der Waals surface area contributed by atoms with Crippen LogP contribution in [0.15, 0.2) is 53.0 Å². The summed E-state index contributed by atoms with van der Waals surface area (Å²) in [6.07, 6.45) is 0.628. The Bertz CT molecular complexity index is 762. The zero-order valence-corrected chi connectivity index (χ0v) is 14.2. The number of hydrogen-bond acceptors (Lipinski definition) is 3. The quantitative estimate of drug-likeness (QED) is 0.885. The fourth-order valence-corrected chi connectivity index (χ4v) is 4.31. The number of hydrogen-bond donors (Lipinski definition) is 1. The molecule has 0 aromatic heterocycles. The number of ether oxygens (including phenoxy) is 1. The molecule has 116 valence electrons. The summed E-state index contributed by atoms with van der Waals surface area (Å²) < 4.78 is 33.9. The highest BCUT2D eigenvalue weighted by Gasteiger charge is 2.24. The number of fused-ring (bicyclic) bond motifs is 1. The van der Waals surface area contributed by atoms with Crippen molar-refractivity contribution in [2.75, 3.05) is 6.61 Å². The van der Waals surface area contributed by atoms with Gasteiger partial charge in [-0.1, -0.05) is 46.3 Å². The van der Waals surface area contributed by atoms with E-state index in [0.29, 0.717) is 13.0 Å². The van der Waals surface area contributed by atoms with Gasteiger partial charge in [0.05, 0.1) is 11.8 Å². The van der Waals surface area contributed by atoms with Gasteiger partial charge < -0.3 is 4.74 Å². The predicted octanol–water partition coefficient (Wildman–Crippen LogP) is 2.87. The molecule has 6 heteroatoms. The van der Waals surface area contributed by atoms with E-state index in [4.69, 9.17) is 4.74 Å². The summed E-state index contributed by atoms with van der Waals surface area (Å²) in [5, 5.41) is 0. The Morgan fingerprint density at radius 2 is 1.95 bits per heavy atom. The van der Waals surface area contributed by atoms with Crippen LogP contribution < -0.4 is 9.46 Å². The maximum absolute atomic E-state index is 12.3. The average molecular weight is 382 g/mol. The van der Waals surface area contributed by atoms with Crippen LogP contribution in [0.5, 0.6) is 5.75 Å². The molecule has 0 bridgehead atoms. The summed E-state index contributed by atoms with van der Waals surface area (Å²) in [4.78, 5) is 0. The molecular formula is C16H16BrNO3S. The summed E-state index contributed by atoms with van der Waals surface area (Å²) in [6, 6.07) is 14.7. The fourth-order valence-electron chi connectivity index (χ4n) is 2.53. The highest BCUT2D eigenvalue weighted by Crippen LogP contribution is 2.28. The van der Waals surface area contributed by atoms with Gasteiger partial charge >= 0.3 is 0 Å². The van der Waals surface area contributed by atoms with Crippen molar-refractivity contribution in [3.63, 3.8) is 0 Å². The molecule has 1 aliphatic rings. The van der Waals surface area contributed by atoms with Crippen LogP contribution in [0, 0.1) is 0 Å². The SMILES string of the molecule is O=S(=O)(Cc1ccccc1)N[C@H]1COc2ccc(Br)cc2C1. The van der Waals surface area contributed by atoms with Gasteiger partial charge in [0.15, 0.2) is 0 Å². The first-order valence-corrected chi connectivity index (χ1v) is 9.41. The fraction of sp³-hybridized carbons (Fsp3) is 0.250. The zero-order chi connectivity index (χ0) is 15.6. The molecule has 2 aromatic carbocycles. The first-order chi connectivity index (χ1) is 10.5. The van der Waals surface area contributed by atoms with Crippen molar-refractivity contribution >= 4 is 26.0 Å². The molecule has 3 rings (SSSR count). The van der Waals surface area contributed by atoms with Gasteiger partial charge in [0.2, 0.25) is 10.0 Å². The van der Waals surface area contributed by atoms with Crippen molar-refractivity contribution < 1.29 is 13.2 Å². The van der Waals surface area contributed by atoms with Crippen LogP contribution >= 0.6 is 15.9 Å². The minimum atomic E-state index is -3.39. The minimum absolute atomic E-state index is 0.0182. The van der Waals surface area contributed by atoms with E-state index in [2.05, 4.69) is 20.7 Å². The monoisotopic (exact) mass is 381 g/mol. The van der Waals surface area contributed by atoms with Crippen molar-refractivity contribution in [3.05, 3.63) is 64.1 Å². The summed E-state index contributed by atoms with van der Waals surface area (Å²) in [5.74, 6) is 0.803. The van der Waals surface area contributed by atoms with Gasteiger partial charge in [-0.2, -0.15) is 0 Å². The van der Waals surface area contributed by atoms with Crippen LogP contribution in [0.2, 0.25) is 0 Å². The molecule has 0 fully saturated rings. The highest BCUT2D eigenvalue weighted by molar-refractivity contribution is 9.10. The van der Waals surface area contributed by atoms with Crippen molar-refractivity contribution in [1.82, 2.24) is 4.72 Å². The molecule has 0 aliphatic carbocycles. The lowest BCUT2D eigenvalue weighted by molar-refractivity contribution is 0.254. The van der Waals surface area contributed by atoms with Crippen LogP contribution in [-0.4, -0.2) is 21.1 Å². The summed E-state index contributed by atoms with van der Waals surface area (Å²) in [7, 11) is -3.39. The molecule has 1 N–H and O–H groups in total. The lowest BCUT2D eigenvalue weighted by atomic mass is 10.0. The van der Waals surface area contributed by atoms with E-state index >= 15 is 0 Å². The molecule has 2 aromatic rings. The summed E-state index contributed by atoms with van der Waals surface area (Å²) in [6.45, 7) is 0.350. The number of halogens is 1. The maximum atomic E-state index is 12.3. The molecule has 0 saturated heterocycles. The normalized spacial score (nSPS) is 17.6. The van der Waals surface area contributed by atoms with E-state index in [1.807, 2.05) is 48.5 Å². The Balaban J connectivity index is 1.69. The summed E-state index contributed by atoms with van der Waals surface area (Å²) in [5.41, 5.74) is 1.78. The van der Waals surface area contributed by atoms with Gasteiger partial charge in [0.25, 0.3) is 0 Å². The highest BCUT2D eigenvalue weighted by atomic mass is 79.9. The maximum Gasteiger partial charge on any atom is 0.216 e. The molecule has 4 nitrogen and oxygen atoms in total. The standard InChI is InChI=1S/C16H16BrNO3S/c17-14-6-7-16-13(8-14)9-15(10-21-16)18-22(19,20)11-12-4-2-1-3-5-12/h1-8,15,18H,9-11H2/t15-/m1/s1. The van der Waals surface area contributed by atoms with Gasteiger partial charge in [-0.25, -0.2) is 13.1 Å². The van der Waals surface area contributed by atoms with Gasteiger partial charge in [0.1, 0.15) is 12.4 Å². The van der Waals surface area contributed by atoms with E-state index in [9.17, 15) is 8.42 Å². The van der Waals surface area contributed by atoms with Gasteiger partial charge in [0, 0.05) is 4.47 Å². The largest absolute Gasteiger partial charge is 0.492 e. The van der Waals surface area contributed by atoms with Gasteiger partial charge in [-0.3, -0.25) is 0 Å². The van der Waals surface area contributed by atoms with E-state index in [-0.39, 0.29) is 11.8 Å². The first-order valence-electron chi connectivity index (χ1n) is 6.97. The molecule has 0 amide bonds. The van der Waals surface area contributed by atoms with Crippen molar-refractivity contribution in [1.29, 1.82) is 0 Å². The lowest BCUT2D eigenvalue weighted by Crippen LogP contribution is -2.43. The molecule has 1 aliphatic heterocycles. The third kappa shape index (κ3) is 3.88. The number of sulfonamides is 1. The zero-order valence-electron chi connectivity index (χ0n) is 11.8. The van der Waals surface area contributed by atoms with Crippen molar-refractivity contribution in [2.24, 2.45) is 0 Å². The Kier molecular flexibility index (Phi) is 4.52. The number of benzene rings is 2. The average Bonchev–Trinajstić information content (AvgIpc) is 2.46. The van der Waals surface area contributed by atoms with Crippen LogP contribution in [0.25, 0.3) is 0 Å². The van der Waals surface area contributed by atoms with Gasteiger partial charge in [-0.15, -0.1) is 0 Å². The van der Waals surface area contributed by atoms with Crippen LogP contribution in [0.1, 0.15) is 11.1 Å². The Morgan fingerprint density at radius 3 is 2.73 bits per heavy atom. The smallest absolute Gasteiger partial charge is 0.216 e. The second-order valence-corrected chi connectivity index (χ2v) is 8.00. The molecule has 0 unspecified atom stereocenters. The van der Waals surface area contributed by atoms with Crippen LogP contribution in [0.4, 0.5) is 0 Å². The van der Waals surface area contributed by atoms with E-state index in [1.54, 1.807) is 0 Å². The molecular weight excluding hydrogens is 366 g/mol. The van der Waals surface area contributed by atoms with Gasteiger partial charge in [-0.05, 0) is 35.7 Å². The Hall–Kier alpha value is -1.37.